The van der Waals surface area contributed by atoms with Crippen LogP contribution < -0.4 is 5.69 Å². The van der Waals surface area contributed by atoms with Crippen LogP contribution in [0.1, 0.15) is 13.8 Å². The molecule has 0 saturated heterocycles. The van der Waals surface area contributed by atoms with Crippen LogP contribution in [0.15, 0.2) is 17.1 Å². The Morgan fingerprint density at radius 3 is 2.75 bits per heavy atom. The van der Waals surface area contributed by atoms with E-state index in [1.54, 1.807) is 0 Å². The van der Waals surface area contributed by atoms with Crippen molar-refractivity contribution < 1.29 is 4.92 Å². The minimum Gasteiger partial charge on any atom is -0.304 e. The Kier molecular flexibility index (Phi) is 4.14. The predicted octanol–water partition coefficient (Wildman–Crippen LogP) is 0.975. The summed E-state index contributed by atoms with van der Waals surface area (Å²) in [5, 5.41) is 10.7. The van der Waals surface area contributed by atoms with Crippen LogP contribution in [0.5, 0.6) is 0 Å². The number of fused-ring (bicyclic) bond motifs is 1. The van der Waals surface area contributed by atoms with Gasteiger partial charge in [-0.15, -0.1) is 0 Å². The number of rotatable bonds is 6. The number of H-pyrrole nitrogens is 1. The van der Waals surface area contributed by atoms with Crippen LogP contribution in [0.2, 0.25) is 0 Å². The van der Waals surface area contributed by atoms with E-state index in [-0.39, 0.29) is 11.4 Å². The summed E-state index contributed by atoms with van der Waals surface area (Å²) >= 11 is 0. The third kappa shape index (κ3) is 2.69. The molecule has 0 aliphatic heterocycles. The molecule has 0 aromatic carbocycles. The molecule has 0 aliphatic rings. The molecule has 2 rings (SSSR count). The molecule has 0 amide bonds. The molecule has 0 bridgehead atoms. The number of imidazole rings is 1. The van der Waals surface area contributed by atoms with Crippen LogP contribution in [0.25, 0.3) is 11.2 Å². The summed E-state index contributed by atoms with van der Waals surface area (Å²) in [6.45, 7) is 7.18. The van der Waals surface area contributed by atoms with E-state index in [9.17, 15) is 14.9 Å². The maximum atomic E-state index is 11.9. The Morgan fingerprint density at radius 2 is 2.15 bits per heavy atom. The molecule has 0 aliphatic carbocycles. The van der Waals surface area contributed by atoms with Crippen LogP contribution >= 0.6 is 0 Å². The van der Waals surface area contributed by atoms with Crippen LogP contribution in [0.4, 0.5) is 5.69 Å². The van der Waals surface area contributed by atoms with Gasteiger partial charge in [-0.25, -0.2) is 9.78 Å². The number of hydrogen-bond acceptors (Lipinski definition) is 5. The molecule has 0 atom stereocenters. The fraction of sp³-hybridized carbons (Fsp3) is 0.500. The second-order valence-electron chi connectivity index (χ2n) is 4.43. The molecule has 2 aromatic rings. The average Bonchev–Trinajstić information content (AvgIpc) is 2.75. The summed E-state index contributed by atoms with van der Waals surface area (Å²) in [5.41, 5.74) is 0.423. The highest BCUT2D eigenvalue weighted by atomic mass is 16.6. The highest BCUT2D eigenvalue weighted by Gasteiger charge is 2.13. The Hall–Kier alpha value is -2.22. The zero-order chi connectivity index (χ0) is 14.7. The minimum absolute atomic E-state index is 0.130. The SMILES string of the molecule is CCN(CC)CCn1c(=O)[nH]c2cc([N+](=O)[O-])cnc21. The quantitative estimate of drug-likeness (QED) is 0.627. The van der Waals surface area contributed by atoms with E-state index in [1.165, 1.54) is 16.8 Å². The summed E-state index contributed by atoms with van der Waals surface area (Å²) in [7, 11) is 0. The molecule has 0 saturated carbocycles. The number of pyridine rings is 1. The van der Waals surface area contributed by atoms with Gasteiger partial charge in [0.05, 0.1) is 10.4 Å². The van der Waals surface area contributed by atoms with E-state index in [0.717, 1.165) is 19.6 Å². The van der Waals surface area contributed by atoms with Gasteiger partial charge in [0.2, 0.25) is 0 Å². The predicted molar refractivity (Wildman–Crippen MR) is 74.8 cm³/mol. The second kappa shape index (κ2) is 5.83. The third-order valence-electron chi connectivity index (χ3n) is 3.34. The van der Waals surface area contributed by atoms with Crippen LogP contribution in [0, 0.1) is 10.1 Å². The molecule has 108 valence electrons. The number of aromatic amines is 1. The first-order valence-corrected chi connectivity index (χ1v) is 6.52. The lowest BCUT2D eigenvalue weighted by molar-refractivity contribution is -0.385. The highest BCUT2D eigenvalue weighted by molar-refractivity contribution is 5.73. The number of nitrogens with zero attached hydrogens (tertiary/aromatic N) is 4. The molecule has 0 spiro atoms. The molecular weight excluding hydrogens is 262 g/mol. The fourth-order valence-corrected chi connectivity index (χ4v) is 2.12. The number of nitro groups is 1. The summed E-state index contributed by atoms with van der Waals surface area (Å²) in [6.07, 6.45) is 1.17. The van der Waals surface area contributed by atoms with Crippen molar-refractivity contribution in [3.8, 4) is 0 Å². The molecule has 1 N–H and O–H groups in total. The van der Waals surface area contributed by atoms with Gasteiger partial charge in [0.1, 0.15) is 6.20 Å². The highest BCUT2D eigenvalue weighted by Crippen LogP contribution is 2.15. The molecule has 0 radical (unpaired) electrons. The van der Waals surface area contributed by atoms with E-state index in [4.69, 9.17) is 0 Å². The summed E-state index contributed by atoms with van der Waals surface area (Å²) in [5.74, 6) is 0. The van der Waals surface area contributed by atoms with Gasteiger partial charge in [-0.05, 0) is 13.1 Å². The smallest absolute Gasteiger partial charge is 0.304 e. The second-order valence-corrected chi connectivity index (χ2v) is 4.43. The van der Waals surface area contributed by atoms with E-state index < -0.39 is 4.92 Å². The topological polar surface area (TPSA) is 97.1 Å². The lowest BCUT2D eigenvalue weighted by Crippen LogP contribution is -2.30. The van der Waals surface area contributed by atoms with Crippen LogP contribution in [-0.4, -0.2) is 44.0 Å². The van der Waals surface area contributed by atoms with Crippen LogP contribution in [0.3, 0.4) is 0 Å². The van der Waals surface area contributed by atoms with Gasteiger partial charge in [0, 0.05) is 19.2 Å². The van der Waals surface area contributed by atoms with E-state index in [1.807, 2.05) is 0 Å². The van der Waals surface area contributed by atoms with E-state index >= 15 is 0 Å². The van der Waals surface area contributed by atoms with Gasteiger partial charge in [-0.3, -0.25) is 14.7 Å². The van der Waals surface area contributed by atoms with Gasteiger partial charge < -0.3 is 9.88 Å². The van der Waals surface area contributed by atoms with Crippen molar-refractivity contribution in [2.45, 2.75) is 20.4 Å². The minimum atomic E-state index is -0.530. The zero-order valence-corrected chi connectivity index (χ0v) is 11.5. The Bertz CT molecular complexity index is 671. The first-order valence-electron chi connectivity index (χ1n) is 6.52. The van der Waals surface area contributed by atoms with E-state index in [2.05, 4.69) is 28.7 Å². The molecule has 2 aromatic heterocycles. The van der Waals surface area contributed by atoms with Gasteiger partial charge in [0.15, 0.2) is 5.65 Å². The lowest BCUT2D eigenvalue weighted by Gasteiger charge is -2.17. The van der Waals surface area contributed by atoms with Gasteiger partial charge in [-0.1, -0.05) is 13.8 Å². The van der Waals surface area contributed by atoms with E-state index in [0.29, 0.717) is 17.7 Å². The van der Waals surface area contributed by atoms with Gasteiger partial charge in [-0.2, -0.15) is 0 Å². The molecule has 8 heteroatoms. The number of aromatic nitrogens is 3. The van der Waals surface area contributed by atoms with Crippen LogP contribution in [-0.2, 0) is 6.54 Å². The normalized spacial score (nSPS) is 11.3. The average molecular weight is 279 g/mol. The van der Waals surface area contributed by atoms with Crippen molar-refractivity contribution in [3.05, 3.63) is 32.9 Å². The first-order chi connectivity index (χ1) is 9.56. The lowest BCUT2D eigenvalue weighted by atomic mass is 10.4. The molecule has 2 heterocycles. The maximum absolute atomic E-state index is 11.9. The molecule has 8 nitrogen and oxygen atoms in total. The zero-order valence-electron chi connectivity index (χ0n) is 11.5. The fourth-order valence-electron chi connectivity index (χ4n) is 2.12. The third-order valence-corrected chi connectivity index (χ3v) is 3.34. The molecule has 0 unspecified atom stereocenters. The van der Waals surface area contributed by atoms with Crippen molar-refractivity contribution in [1.82, 2.24) is 19.4 Å². The van der Waals surface area contributed by atoms with Crippen molar-refractivity contribution in [1.29, 1.82) is 0 Å². The van der Waals surface area contributed by atoms with Gasteiger partial charge >= 0.3 is 5.69 Å². The van der Waals surface area contributed by atoms with Crippen molar-refractivity contribution in [2.75, 3.05) is 19.6 Å². The Morgan fingerprint density at radius 1 is 1.45 bits per heavy atom. The Labute approximate surface area is 115 Å². The number of hydrogen-bond donors (Lipinski definition) is 1. The molecule has 20 heavy (non-hydrogen) atoms. The van der Waals surface area contributed by atoms with Crippen molar-refractivity contribution in [3.63, 3.8) is 0 Å². The summed E-state index contributed by atoms with van der Waals surface area (Å²) in [6, 6.07) is 1.33. The molecular formula is C12H17N5O3. The Balaban J connectivity index is 2.32. The van der Waals surface area contributed by atoms with Crippen molar-refractivity contribution in [2.24, 2.45) is 0 Å². The molecule has 0 fully saturated rings. The van der Waals surface area contributed by atoms with Crippen molar-refractivity contribution >= 4 is 16.9 Å². The summed E-state index contributed by atoms with van der Waals surface area (Å²) in [4.78, 5) is 30.9. The number of likely N-dealkylation sites (N-methyl/N-ethyl adjacent to an activating group) is 1. The standard InChI is InChI=1S/C12H17N5O3/c1-3-15(4-2)5-6-16-11-10(14-12(16)18)7-9(8-13-11)17(19)20/h7-8H,3-6H2,1-2H3,(H,14,18). The maximum Gasteiger partial charge on any atom is 0.327 e. The first kappa shape index (κ1) is 14.2. The largest absolute Gasteiger partial charge is 0.327 e. The summed E-state index contributed by atoms with van der Waals surface area (Å²) < 4.78 is 1.51. The van der Waals surface area contributed by atoms with Gasteiger partial charge in [0.25, 0.3) is 5.69 Å². The number of nitrogens with one attached hydrogen (secondary N) is 1. The monoisotopic (exact) mass is 279 g/mol.